The van der Waals surface area contributed by atoms with E-state index >= 15 is 0 Å². The zero-order valence-electron chi connectivity index (χ0n) is 11.3. The van der Waals surface area contributed by atoms with Crippen molar-refractivity contribution in [1.29, 1.82) is 0 Å². The first-order valence-corrected chi connectivity index (χ1v) is 7.64. The molecule has 18 heavy (non-hydrogen) atoms. The van der Waals surface area contributed by atoms with Crippen LogP contribution < -0.4 is 4.90 Å². The number of piperidine rings is 1. The molecule has 1 aromatic rings. The summed E-state index contributed by atoms with van der Waals surface area (Å²) in [7, 11) is 0. The largest absolute Gasteiger partial charge is 0.392 e. The van der Waals surface area contributed by atoms with Gasteiger partial charge in [0, 0.05) is 37.3 Å². The second kappa shape index (κ2) is 6.50. The van der Waals surface area contributed by atoms with Crippen molar-refractivity contribution in [3.05, 3.63) is 11.1 Å². The molecule has 0 aromatic carbocycles. The Morgan fingerprint density at radius 2 is 2.28 bits per heavy atom. The highest BCUT2D eigenvalue weighted by Crippen LogP contribution is 2.24. The average Bonchev–Trinajstić information content (AvgIpc) is 2.79. The first kappa shape index (κ1) is 13.8. The fraction of sp³-hybridized carbons (Fsp3) is 0.769. The van der Waals surface area contributed by atoms with Crippen LogP contribution in [0, 0.1) is 0 Å². The molecular weight excluding hydrogens is 246 g/mol. The van der Waals surface area contributed by atoms with E-state index in [2.05, 4.69) is 28.6 Å². The second-order valence-electron chi connectivity index (χ2n) is 4.81. The molecule has 1 aromatic heterocycles. The fourth-order valence-corrected chi connectivity index (χ4v) is 3.49. The lowest BCUT2D eigenvalue weighted by Gasteiger charge is -2.29. The van der Waals surface area contributed by atoms with E-state index in [9.17, 15) is 5.11 Å². The molecule has 1 N–H and O–H groups in total. The Labute approximate surface area is 113 Å². The van der Waals surface area contributed by atoms with Crippen LogP contribution in [0.2, 0.25) is 0 Å². The molecule has 0 bridgehead atoms. The van der Waals surface area contributed by atoms with Gasteiger partial charge in [-0.1, -0.05) is 0 Å². The van der Waals surface area contributed by atoms with Gasteiger partial charge in [0.05, 0.1) is 6.10 Å². The standard InChI is InChI=1S/C13H23N3OS/c1-3-16(4-2)13-14-8-12(18-13)10-15-7-5-6-11(17)9-15/h8,11,17H,3-7,9-10H2,1-2H3. The minimum atomic E-state index is -0.145. The molecule has 1 aliphatic heterocycles. The molecule has 5 heteroatoms. The minimum Gasteiger partial charge on any atom is -0.392 e. The van der Waals surface area contributed by atoms with Gasteiger partial charge in [-0.2, -0.15) is 0 Å². The molecule has 2 rings (SSSR count). The van der Waals surface area contributed by atoms with Crippen LogP contribution in [-0.4, -0.2) is 47.3 Å². The second-order valence-corrected chi connectivity index (χ2v) is 5.91. The van der Waals surface area contributed by atoms with Crippen molar-refractivity contribution in [3.8, 4) is 0 Å². The molecule has 1 saturated heterocycles. The van der Waals surface area contributed by atoms with Gasteiger partial charge in [0.25, 0.3) is 0 Å². The highest BCUT2D eigenvalue weighted by atomic mass is 32.1. The minimum absolute atomic E-state index is 0.145. The Hall–Kier alpha value is -0.650. The van der Waals surface area contributed by atoms with Gasteiger partial charge >= 0.3 is 0 Å². The SMILES string of the molecule is CCN(CC)c1ncc(CN2CCCC(O)C2)s1. The van der Waals surface area contributed by atoms with Crippen molar-refractivity contribution in [2.75, 3.05) is 31.1 Å². The summed E-state index contributed by atoms with van der Waals surface area (Å²) in [5, 5.41) is 10.8. The molecule has 0 spiro atoms. The molecule has 1 atom stereocenters. The predicted octanol–water partition coefficient (Wildman–Crippen LogP) is 1.95. The van der Waals surface area contributed by atoms with E-state index in [-0.39, 0.29) is 6.10 Å². The first-order valence-electron chi connectivity index (χ1n) is 6.83. The van der Waals surface area contributed by atoms with Crippen LogP contribution >= 0.6 is 11.3 Å². The molecule has 102 valence electrons. The van der Waals surface area contributed by atoms with E-state index in [0.717, 1.165) is 50.7 Å². The normalized spacial score (nSPS) is 21.2. The predicted molar refractivity (Wildman–Crippen MR) is 76.2 cm³/mol. The maximum atomic E-state index is 9.67. The van der Waals surface area contributed by atoms with Crippen LogP contribution in [-0.2, 0) is 6.54 Å². The number of hydrogen-bond donors (Lipinski definition) is 1. The highest BCUT2D eigenvalue weighted by molar-refractivity contribution is 7.15. The number of thiazole rings is 1. The third kappa shape index (κ3) is 3.43. The van der Waals surface area contributed by atoms with Gasteiger partial charge in [-0.3, -0.25) is 4.90 Å². The van der Waals surface area contributed by atoms with Gasteiger partial charge in [-0.15, -0.1) is 11.3 Å². The molecule has 1 unspecified atom stereocenters. The lowest BCUT2D eigenvalue weighted by molar-refractivity contribution is 0.0673. The summed E-state index contributed by atoms with van der Waals surface area (Å²) >= 11 is 1.78. The molecule has 1 fully saturated rings. The van der Waals surface area contributed by atoms with E-state index in [0.29, 0.717) is 0 Å². The zero-order valence-corrected chi connectivity index (χ0v) is 12.1. The summed E-state index contributed by atoms with van der Waals surface area (Å²) in [4.78, 5) is 10.4. The van der Waals surface area contributed by atoms with Crippen molar-refractivity contribution in [3.63, 3.8) is 0 Å². The smallest absolute Gasteiger partial charge is 0.185 e. The van der Waals surface area contributed by atoms with Crippen LogP contribution in [0.1, 0.15) is 31.6 Å². The number of nitrogens with zero attached hydrogens (tertiary/aromatic N) is 3. The average molecular weight is 269 g/mol. The van der Waals surface area contributed by atoms with Gasteiger partial charge in [-0.25, -0.2) is 4.98 Å². The topological polar surface area (TPSA) is 39.6 Å². The highest BCUT2D eigenvalue weighted by Gasteiger charge is 2.18. The van der Waals surface area contributed by atoms with Crippen LogP contribution in [0.4, 0.5) is 5.13 Å². The number of anilines is 1. The fourth-order valence-electron chi connectivity index (χ4n) is 2.41. The van der Waals surface area contributed by atoms with E-state index in [4.69, 9.17) is 0 Å². The number of rotatable bonds is 5. The van der Waals surface area contributed by atoms with E-state index < -0.39 is 0 Å². The summed E-state index contributed by atoms with van der Waals surface area (Å²) in [5.41, 5.74) is 0. The Morgan fingerprint density at radius 1 is 1.50 bits per heavy atom. The van der Waals surface area contributed by atoms with Crippen molar-refractivity contribution in [2.24, 2.45) is 0 Å². The monoisotopic (exact) mass is 269 g/mol. The molecule has 0 aliphatic carbocycles. The number of likely N-dealkylation sites (tertiary alicyclic amines) is 1. The van der Waals surface area contributed by atoms with Crippen molar-refractivity contribution in [2.45, 2.75) is 39.3 Å². The van der Waals surface area contributed by atoms with Gasteiger partial charge in [0.2, 0.25) is 0 Å². The third-order valence-corrected chi connectivity index (χ3v) is 4.48. The quantitative estimate of drug-likeness (QED) is 0.887. The first-order chi connectivity index (χ1) is 8.72. The van der Waals surface area contributed by atoms with E-state index in [1.165, 1.54) is 4.88 Å². The van der Waals surface area contributed by atoms with Crippen molar-refractivity contribution >= 4 is 16.5 Å². The van der Waals surface area contributed by atoms with Gasteiger partial charge in [0.15, 0.2) is 5.13 Å². The molecule has 2 heterocycles. The lowest BCUT2D eigenvalue weighted by Crippen LogP contribution is -2.37. The van der Waals surface area contributed by atoms with Crippen LogP contribution in [0.3, 0.4) is 0 Å². The molecule has 0 amide bonds. The summed E-state index contributed by atoms with van der Waals surface area (Å²) in [6, 6.07) is 0. The molecule has 0 saturated carbocycles. The van der Waals surface area contributed by atoms with Crippen molar-refractivity contribution < 1.29 is 5.11 Å². The van der Waals surface area contributed by atoms with E-state index in [1.54, 1.807) is 11.3 Å². The lowest BCUT2D eigenvalue weighted by atomic mass is 10.1. The Bertz CT molecular complexity index is 365. The number of aromatic nitrogens is 1. The maximum Gasteiger partial charge on any atom is 0.185 e. The van der Waals surface area contributed by atoms with Crippen LogP contribution in [0.15, 0.2) is 6.20 Å². The summed E-state index contributed by atoms with van der Waals surface area (Å²) in [6.07, 6.45) is 3.89. The molecule has 4 nitrogen and oxygen atoms in total. The molecule has 1 aliphatic rings. The van der Waals surface area contributed by atoms with Crippen LogP contribution in [0.5, 0.6) is 0 Å². The molecule has 0 radical (unpaired) electrons. The van der Waals surface area contributed by atoms with Crippen LogP contribution in [0.25, 0.3) is 0 Å². The number of hydrogen-bond acceptors (Lipinski definition) is 5. The van der Waals surface area contributed by atoms with Gasteiger partial charge in [0.1, 0.15) is 0 Å². The van der Waals surface area contributed by atoms with Gasteiger partial charge < -0.3 is 10.0 Å². The zero-order chi connectivity index (χ0) is 13.0. The Kier molecular flexibility index (Phi) is 4.97. The summed E-state index contributed by atoms with van der Waals surface area (Å²) in [5.74, 6) is 0. The summed E-state index contributed by atoms with van der Waals surface area (Å²) in [6.45, 7) is 9.15. The number of aliphatic hydroxyl groups excluding tert-OH is 1. The third-order valence-electron chi connectivity index (χ3n) is 3.44. The number of aliphatic hydroxyl groups is 1. The summed E-state index contributed by atoms with van der Waals surface area (Å²) < 4.78 is 0. The Balaban J connectivity index is 1.93. The van der Waals surface area contributed by atoms with Gasteiger partial charge in [-0.05, 0) is 33.2 Å². The van der Waals surface area contributed by atoms with E-state index in [1.807, 2.05) is 6.20 Å². The van der Waals surface area contributed by atoms with Crippen molar-refractivity contribution in [1.82, 2.24) is 9.88 Å². The molecular formula is C13H23N3OS. The maximum absolute atomic E-state index is 9.67. The number of β-amino-alcohol motifs (C(OH)–C–C–N with tert-alkyl or cyclic N) is 1. The Morgan fingerprint density at radius 3 is 2.94 bits per heavy atom.